The van der Waals surface area contributed by atoms with Crippen LogP contribution in [0.25, 0.3) is 0 Å². The molecule has 23 heavy (non-hydrogen) atoms. The lowest BCUT2D eigenvalue weighted by molar-refractivity contribution is 0.275. The van der Waals surface area contributed by atoms with Crippen molar-refractivity contribution < 1.29 is 0 Å². The molecule has 0 spiro atoms. The minimum absolute atomic E-state index is 0.335. The van der Waals surface area contributed by atoms with E-state index in [9.17, 15) is 0 Å². The molecule has 0 heterocycles. The van der Waals surface area contributed by atoms with Gasteiger partial charge in [0, 0.05) is 22.5 Å². The normalized spacial score (nSPS) is 11.4. The number of unbranched alkanes of at least 4 members (excludes halogenated alkanes) is 1. The average molecular weight is 350 g/mol. The minimum atomic E-state index is 0.335. The van der Waals surface area contributed by atoms with Crippen molar-refractivity contribution in [3.8, 4) is 0 Å². The molecule has 0 aliphatic rings. The fourth-order valence-corrected chi connectivity index (χ4v) is 3.06. The maximum atomic E-state index is 6.06. The van der Waals surface area contributed by atoms with Crippen LogP contribution in [0.3, 0.4) is 0 Å². The summed E-state index contributed by atoms with van der Waals surface area (Å²) in [5.74, 6) is 0.335. The van der Waals surface area contributed by atoms with E-state index in [4.69, 9.17) is 23.2 Å². The van der Waals surface area contributed by atoms with Gasteiger partial charge in [0.05, 0.1) is 0 Å². The first-order chi connectivity index (χ1) is 11.1. The van der Waals surface area contributed by atoms with Gasteiger partial charge in [0.15, 0.2) is 0 Å². The average Bonchev–Trinajstić information content (AvgIpc) is 2.57. The second kappa shape index (κ2) is 9.32. The Bertz CT molecular complexity index is 532. The fraction of sp³-hybridized carbons (Fsp3) is 0.400. The van der Waals surface area contributed by atoms with Gasteiger partial charge in [-0.15, -0.1) is 0 Å². The van der Waals surface area contributed by atoms with E-state index in [1.807, 2.05) is 24.3 Å². The maximum Gasteiger partial charge on any atom is 0.0406 e. The number of hydrogen-bond donors (Lipinski definition) is 0. The third-order valence-electron chi connectivity index (χ3n) is 4.26. The number of nitrogens with zero attached hydrogens (tertiary/aromatic N) is 1. The molecule has 0 bridgehead atoms. The Kier molecular flexibility index (Phi) is 7.42. The number of rotatable bonds is 8. The van der Waals surface area contributed by atoms with Gasteiger partial charge in [0.1, 0.15) is 0 Å². The van der Waals surface area contributed by atoms with Crippen molar-refractivity contribution in [1.29, 1.82) is 0 Å². The van der Waals surface area contributed by atoms with Crippen molar-refractivity contribution in [3.63, 3.8) is 0 Å². The summed E-state index contributed by atoms with van der Waals surface area (Å²) in [6.45, 7) is 7.70. The highest BCUT2D eigenvalue weighted by atomic mass is 35.5. The first-order valence-corrected chi connectivity index (χ1v) is 9.13. The zero-order valence-corrected chi connectivity index (χ0v) is 15.4. The lowest BCUT2D eigenvalue weighted by atomic mass is 9.90. The van der Waals surface area contributed by atoms with Crippen LogP contribution < -0.4 is 0 Å². The Labute approximate surface area is 150 Å². The van der Waals surface area contributed by atoms with E-state index in [1.165, 1.54) is 24.0 Å². The van der Waals surface area contributed by atoms with Crippen molar-refractivity contribution in [2.75, 3.05) is 19.6 Å². The molecule has 3 heteroatoms. The molecule has 0 N–H and O–H groups in total. The molecule has 124 valence electrons. The molecule has 0 atom stereocenters. The molecule has 0 saturated carbocycles. The zero-order chi connectivity index (χ0) is 16.7. The Morgan fingerprint density at radius 1 is 0.826 bits per heavy atom. The molecule has 0 amide bonds. The highest BCUT2D eigenvalue weighted by molar-refractivity contribution is 6.30. The van der Waals surface area contributed by atoms with Gasteiger partial charge in [-0.25, -0.2) is 0 Å². The largest absolute Gasteiger partial charge is 0.303 e. The molecule has 2 aromatic rings. The van der Waals surface area contributed by atoms with Gasteiger partial charge in [0.25, 0.3) is 0 Å². The van der Waals surface area contributed by atoms with Gasteiger partial charge in [-0.2, -0.15) is 0 Å². The lowest BCUT2D eigenvalue weighted by Gasteiger charge is -2.27. The number of hydrogen-bond acceptors (Lipinski definition) is 1. The van der Waals surface area contributed by atoms with Crippen LogP contribution >= 0.6 is 23.2 Å². The van der Waals surface area contributed by atoms with Crippen LogP contribution in [0.15, 0.2) is 48.5 Å². The van der Waals surface area contributed by atoms with E-state index < -0.39 is 0 Å². The van der Waals surface area contributed by atoms with Crippen LogP contribution in [-0.4, -0.2) is 24.5 Å². The molecular formula is C20H25Cl2N. The quantitative estimate of drug-likeness (QED) is 0.544. The summed E-state index contributed by atoms with van der Waals surface area (Å²) < 4.78 is 0. The highest BCUT2D eigenvalue weighted by Gasteiger charge is 2.17. The first kappa shape index (κ1) is 18.3. The summed E-state index contributed by atoms with van der Waals surface area (Å²) in [4.78, 5) is 2.53. The highest BCUT2D eigenvalue weighted by Crippen LogP contribution is 2.28. The van der Waals surface area contributed by atoms with Gasteiger partial charge in [0.2, 0.25) is 0 Å². The van der Waals surface area contributed by atoms with Gasteiger partial charge in [-0.05, 0) is 54.9 Å². The standard InChI is InChI=1S/C20H25Cl2N/c1-3-5-14-23(4-2)15-20(16-6-10-18(21)11-7-16)17-8-12-19(22)13-9-17/h6-13,20H,3-5,14-15H2,1-2H3. The Morgan fingerprint density at radius 3 is 1.70 bits per heavy atom. The Hall–Kier alpha value is -1.02. The van der Waals surface area contributed by atoms with E-state index in [2.05, 4.69) is 43.0 Å². The molecule has 0 aromatic heterocycles. The van der Waals surface area contributed by atoms with E-state index in [0.29, 0.717) is 5.92 Å². The van der Waals surface area contributed by atoms with E-state index in [1.54, 1.807) is 0 Å². The van der Waals surface area contributed by atoms with Crippen molar-refractivity contribution in [2.24, 2.45) is 0 Å². The third kappa shape index (κ3) is 5.53. The monoisotopic (exact) mass is 349 g/mol. The van der Waals surface area contributed by atoms with Crippen molar-refractivity contribution in [2.45, 2.75) is 32.6 Å². The first-order valence-electron chi connectivity index (χ1n) is 8.37. The number of halogens is 2. The molecule has 2 aromatic carbocycles. The van der Waals surface area contributed by atoms with E-state index in [-0.39, 0.29) is 0 Å². The smallest absolute Gasteiger partial charge is 0.0406 e. The summed E-state index contributed by atoms with van der Waals surface area (Å²) in [5, 5.41) is 1.56. The summed E-state index contributed by atoms with van der Waals surface area (Å²) in [7, 11) is 0. The van der Waals surface area contributed by atoms with Crippen LogP contribution in [0.5, 0.6) is 0 Å². The van der Waals surface area contributed by atoms with Gasteiger partial charge < -0.3 is 4.90 Å². The van der Waals surface area contributed by atoms with Crippen LogP contribution in [0.1, 0.15) is 43.7 Å². The third-order valence-corrected chi connectivity index (χ3v) is 4.76. The zero-order valence-electron chi connectivity index (χ0n) is 13.9. The Balaban J connectivity index is 2.26. The molecule has 0 aliphatic heterocycles. The predicted molar refractivity (Wildman–Crippen MR) is 102 cm³/mol. The van der Waals surface area contributed by atoms with Gasteiger partial charge >= 0.3 is 0 Å². The molecule has 0 saturated heterocycles. The molecule has 0 fully saturated rings. The minimum Gasteiger partial charge on any atom is -0.303 e. The Morgan fingerprint density at radius 2 is 1.30 bits per heavy atom. The number of likely N-dealkylation sites (N-methyl/N-ethyl adjacent to an activating group) is 1. The molecular weight excluding hydrogens is 325 g/mol. The summed E-state index contributed by atoms with van der Waals surface area (Å²) in [6.07, 6.45) is 2.46. The van der Waals surface area contributed by atoms with Crippen LogP contribution in [0.4, 0.5) is 0 Å². The SMILES string of the molecule is CCCCN(CC)CC(c1ccc(Cl)cc1)c1ccc(Cl)cc1. The van der Waals surface area contributed by atoms with Crippen molar-refractivity contribution >= 4 is 23.2 Å². The lowest BCUT2D eigenvalue weighted by Crippen LogP contribution is -2.30. The fourth-order valence-electron chi connectivity index (χ4n) is 2.81. The molecule has 2 rings (SSSR count). The maximum absolute atomic E-state index is 6.06. The number of benzene rings is 2. The second-order valence-corrected chi connectivity index (χ2v) is 6.78. The van der Waals surface area contributed by atoms with Crippen molar-refractivity contribution in [1.82, 2.24) is 4.90 Å². The topological polar surface area (TPSA) is 3.24 Å². The molecule has 0 aliphatic carbocycles. The summed E-state index contributed by atoms with van der Waals surface area (Å²) in [6, 6.07) is 16.4. The van der Waals surface area contributed by atoms with E-state index >= 15 is 0 Å². The van der Waals surface area contributed by atoms with Crippen molar-refractivity contribution in [3.05, 3.63) is 69.7 Å². The molecule has 0 radical (unpaired) electrons. The summed E-state index contributed by atoms with van der Waals surface area (Å²) >= 11 is 12.1. The molecule has 1 nitrogen and oxygen atoms in total. The van der Waals surface area contributed by atoms with Crippen LogP contribution in [0.2, 0.25) is 10.0 Å². The predicted octanol–water partition coefficient (Wildman–Crippen LogP) is 6.25. The van der Waals surface area contributed by atoms with Crippen LogP contribution in [-0.2, 0) is 0 Å². The van der Waals surface area contributed by atoms with Crippen LogP contribution in [0, 0.1) is 0 Å². The van der Waals surface area contributed by atoms with Gasteiger partial charge in [-0.1, -0.05) is 67.7 Å². The second-order valence-electron chi connectivity index (χ2n) is 5.90. The summed E-state index contributed by atoms with van der Waals surface area (Å²) in [5.41, 5.74) is 2.60. The van der Waals surface area contributed by atoms with E-state index in [0.717, 1.165) is 29.7 Å². The van der Waals surface area contributed by atoms with Gasteiger partial charge in [-0.3, -0.25) is 0 Å². The molecule has 0 unspecified atom stereocenters.